The Balaban J connectivity index is 1.54. The molecule has 0 N–H and O–H groups in total. The predicted molar refractivity (Wildman–Crippen MR) is 102 cm³/mol. The zero-order chi connectivity index (χ0) is 20.0. The lowest BCUT2D eigenvalue weighted by Crippen LogP contribution is -2.05. The van der Waals surface area contributed by atoms with Crippen LogP contribution in [0.1, 0.15) is 5.56 Å². The van der Waals surface area contributed by atoms with Gasteiger partial charge in [0.15, 0.2) is 16.6 Å². The second-order valence-electron chi connectivity index (χ2n) is 6.23. The number of rotatable bonds is 3. The highest BCUT2D eigenvalue weighted by atomic mass is 32.1. The maximum atomic E-state index is 13.0. The summed E-state index contributed by atoms with van der Waals surface area (Å²) in [5.74, 6) is 1.49. The van der Waals surface area contributed by atoms with Crippen LogP contribution in [0.3, 0.4) is 0 Å². The van der Waals surface area contributed by atoms with E-state index in [-0.39, 0.29) is 11.4 Å². The van der Waals surface area contributed by atoms with Crippen LogP contribution in [0.15, 0.2) is 71.1 Å². The molecule has 0 unspecified atom stereocenters. The Kier molecular flexibility index (Phi) is 3.99. The van der Waals surface area contributed by atoms with Crippen LogP contribution in [-0.2, 0) is 6.18 Å². The summed E-state index contributed by atoms with van der Waals surface area (Å²) >= 11 is 1.25. The van der Waals surface area contributed by atoms with Gasteiger partial charge in [-0.05, 0) is 24.3 Å². The van der Waals surface area contributed by atoms with Gasteiger partial charge in [-0.15, -0.1) is 15.3 Å². The predicted octanol–water partition coefficient (Wildman–Crippen LogP) is 5.80. The van der Waals surface area contributed by atoms with Crippen molar-refractivity contribution in [1.82, 2.24) is 19.8 Å². The van der Waals surface area contributed by atoms with Crippen molar-refractivity contribution in [3.05, 3.63) is 72.3 Å². The highest BCUT2D eigenvalue weighted by Gasteiger charge is 2.31. The molecule has 0 atom stereocenters. The van der Waals surface area contributed by atoms with Gasteiger partial charge >= 0.3 is 6.18 Å². The maximum absolute atomic E-state index is 13.0. The highest BCUT2D eigenvalue weighted by Crippen LogP contribution is 2.34. The van der Waals surface area contributed by atoms with Crippen LogP contribution in [0, 0.1) is 0 Å². The Morgan fingerprint density at radius 2 is 1.59 bits per heavy atom. The molecule has 3 aromatic heterocycles. The third-order valence-electron chi connectivity index (χ3n) is 4.31. The molecule has 0 bridgehead atoms. The van der Waals surface area contributed by atoms with E-state index >= 15 is 0 Å². The summed E-state index contributed by atoms with van der Waals surface area (Å²) < 4.78 is 46.4. The van der Waals surface area contributed by atoms with E-state index in [1.54, 1.807) is 12.1 Å². The molecule has 0 amide bonds. The van der Waals surface area contributed by atoms with Crippen molar-refractivity contribution >= 4 is 16.3 Å². The van der Waals surface area contributed by atoms with Crippen LogP contribution >= 0.6 is 11.3 Å². The Morgan fingerprint density at radius 3 is 2.38 bits per heavy atom. The summed E-state index contributed by atoms with van der Waals surface area (Å²) in [5, 5.41) is 13.1. The van der Waals surface area contributed by atoms with E-state index in [0.717, 1.165) is 17.7 Å². The minimum Gasteiger partial charge on any atom is -0.454 e. The fraction of sp³-hybridized carbons (Fsp3) is 0.0500. The summed E-state index contributed by atoms with van der Waals surface area (Å²) in [6.45, 7) is 0. The number of hydrogen-bond acceptors (Lipinski definition) is 5. The van der Waals surface area contributed by atoms with E-state index < -0.39 is 11.7 Å². The summed E-state index contributed by atoms with van der Waals surface area (Å²) in [6.07, 6.45) is -4.44. The van der Waals surface area contributed by atoms with Crippen LogP contribution in [0.25, 0.3) is 38.4 Å². The first-order valence-electron chi connectivity index (χ1n) is 8.54. The molecular weight excluding hydrogens is 401 g/mol. The van der Waals surface area contributed by atoms with Gasteiger partial charge in [-0.2, -0.15) is 17.7 Å². The van der Waals surface area contributed by atoms with Crippen molar-refractivity contribution in [3.8, 4) is 33.5 Å². The molecule has 5 rings (SSSR count). The molecule has 0 aliphatic heterocycles. The molecule has 0 fully saturated rings. The van der Waals surface area contributed by atoms with Crippen LogP contribution in [-0.4, -0.2) is 19.8 Å². The van der Waals surface area contributed by atoms with Gasteiger partial charge in [-0.1, -0.05) is 53.8 Å². The molecule has 9 heteroatoms. The summed E-state index contributed by atoms with van der Waals surface area (Å²) in [7, 11) is 0. The van der Waals surface area contributed by atoms with Gasteiger partial charge in [0.05, 0.1) is 5.56 Å². The van der Waals surface area contributed by atoms with Gasteiger partial charge in [-0.3, -0.25) is 0 Å². The lowest BCUT2D eigenvalue weighted by molar-refractivity contribution is -0.137. The minimum atomic E-state index is -4.44. The summed E-state index contributed by atoms with van der Waals surface area (Å²) in [5.41, 5.74) is 0.473. The molecular formula is C20H11F3N4OS. The number of nitrogens with zero attached hydrogens (tertiary/aromatic N) is 4. The van der Waals surface area contributed by atoms with E-state index in [4.69, 9.17) is 4.42 Å². The minimum absolute atomic E-state index is 0.239. The van der Waals surface area contributed by atoms with Gasteiger partial charge < -0.3 is 4.42 Å². The van der Waals surface area contributed by atoms with Gasteiger partial charge in [0.25, 0.3) is 0 Å². The molecule has 144 valence electrons. The fourth-order valence-corrected chi connectivity index (χ4v) is 3.74. The highest BCUT2D eigenvalue weighted by molar-refractivity contribution is 7.19. The molecule has 0 radical (unpaired) electrons. The number of fused-ring (bicyclic) bond motifs is 1. The van der Waals surface area contributed by atoms with E-state index in [9.17, 15) is 13.2 Å². The Morgan fingerprint density at radius 1 is 0.828 bits per heavy atom. The van der Waals surface area contributed by atoms with Crippen molar-refractivity contribution in [1.29, 1.82) is 0 Å². The maximum Gasteiger partial charge on any atom is 0.416 e. The zero-order valence-corrected chi connectivity index (χ0v) is 15.4. The average molecular weight is 412 g/mol. The Hall–Kier alpha value is -3.46. The molecule has 2 aromatic carbocycles. The number of alkyl halides is 3. The van der Waals surface area contributed by atoms with Gasteiger partial charge in [0, 0.05) is 11.1 Å². The summed E-state index contributed by atoms with van der Waals surface area (Å²) in [4.78, 5) is 0.463. The smallest absolute Gasteiger partial charge is 0.416 e. The molecule has 0 aliphatic carbocycles. The van der Waals surface area contributed by atoms with Crippen LogP contribution < -0.4 is 0 Å². The topological polar surface area (TPSA) is 56.2 Å². The lowest BCUT2D eigenvalue weighted by Gasteiger charge is -2.07. The molecule has 5 aromatic rings. The van der Waals surface area contributed by atoms with Gasteiger partial charge in [0.2, 0.25) is 4.96 Å². The van der Waals surface area contributed by atoms with Crippen LogP contribution in [0.2, 0.25) is 0 Å². The Labute approximate surface area is 166 Å². The van der Waals surface area contributed by atoms with Crippen LogP contribution in [0.4, 0.5) is 13.2 Å². The van der Waals surface area contributed by atoms with Crippen molar-refractivity contribution in [2.75, 3.05) is 0 Å². The van der Waals surface area contributed by atoms with E-state index in [0.29, 0.717) is 21.5 Å². The molecule has 0 aliphatic rings. The summed E-state index contributed by atoms with van der Waals surface area (Å²) in [6, 6.07) is 18.2. The number of furan rings is 1. The molecule has 29 heavy (non-hydrogen) atoms. The van der Waals surface area contributed by atoms with Crippen molar-refractivity contribution in [2.45, 2.75) is 6.18 Å². The molecule has 0 spiro atoms. The Bertz CT molecular complexity index is 1300. The fourth-order valence-electron chi connectivity index (χ4n) is 2.94. The SMILES string of the molecule is FC(F)(F)c1cccc(-c2nnc3sc(-c4ccc(-c5ccccc5)o4)nn23)c1. The molecule has 0 saturated heterocycles. The zero-order valence-electron chi connectivity index (χ0n) is 14.6. The van der Waals surface area contributed by atoms with Crippen molar-refractivity contribution in [2.24, 2.45) is 0 Å². The quantitative estimate of drug-likeness (QED) is 0.376. The molecule has 3 heterocycles. The largest absolute Gasteiger partial charge is 0.454 e. The first kappa shape index (κ1) is 17.6. The van der Waals surface area contributed by atoms with Crippen LogP contribution in [0.5, 0.6) is 0 Å². The van der Waals surface area contributed by atoms with Gasteiger partial charge in [0.1, 0.15) is 5.76 Å². The molecule has 0 saturated carbocycles. The normalized spacial score (nSPS) is 12.0. The lowest BCUT2D eigenvalue weighted by atomic mass is 10.1. The monoisotopic (exact) mass is 412 g/mol. The van der Waals surface area contributed by atoms with Crippen molar-refractivity contribution in [3.63, 3.8) is 0 Å². The number of hydrogen-bond donors (Lipinski definition) is 0. The van der Waals surface area contributed by atoms with E-state index in [1.165, 1.54) is 21.9 Å². The standard InChI is InChI=1S/C20H11F3N4OS/c21-20(22,23)14-8-4-7-13(11-14)17-24-25-19-27(17)26-18(29-19)16-10-9-15(28-16)12-5-2-1-3-6-12/h1-11H. The average Bonchev–Trinajstić information content (AvgIpc) is 3.43. The van der Waals surface area contributed by atoms with Gasteiger partial charge in [-0.25, -0.2) is 0 Å². The van der Waals surface area contributed by atoms with E-state index in [2.05, 4.69) is 15.3 Å². The van der Waals surface area contributed by atoms with E-state index in [1.807, 2.05) is 36.4 Å². The molecule has 5 nitrogen and oxygen atoms in total. The third kappa shape index (κ3) is 3.19. The number of halogens is 3. The first-order valence-corrected chi connectivity index (χ1v) is 9.36. The number of aromatic nitrogens is 4. The van der Waals surface area contributed by atoms with Crippen molar-refractivity contribution < 1.29 is 17.6 Å². The second-order valence-corrected chi connectivity index (χ2v) is 7.19. The first-order chi connectivity index (χ1) is 14.0. The second kappa shape index (κ2) is 6.56. The third-order valence-corrected chi connectivity index (χ3v) is 5.23. The number of benzene rings is 2.